The van der Waals surface area contributed by atoms with Gasteiger partial charge in [0.05, 0.1) is 0 Å². The van der Waals surface area contributed by atoms with Gasteiger partial charge < -0.3 is 10.0 Å². The number of hydrogen-bond donors (Lipinski definition) is 1. The second-order valence-corrected chi connectivity index (χ2v) is 6.35. The molecule has 1 saturated carbocycles. The predicted molar refractivity (Wildman–Crippen MR) is 72.1 cm³/mol. The number of hydrogen-bond acceptors (Lipinski definition) is 2. The van der Waals surface area contributed by atoms with Crippen molar-refractivity contribution in [2.75, 3.05) is 26.2 Å². The van der Waals surface area contributed by atoms with Crippen molar-refractivity contribution in [3.63, 3.8) is 0 Å². The van der Waals surface area contributed by atoms with E-state index in [-0.39, 0.29) is 5.41 Å². The molecule has 1 saturated heterocycles. The molecule has 1 N–H and O–H groups in total. The number of nitrogens with zero attached hydrogens (tertiary/aromatic N) is 1. The lowest BCUT2D eigenvalue weighted by atomic mass is 9.74. The molecule has 1 aliphatic carbocycles. The number of aliphatic hydroxyl groups is 1. The lowest BCUT2D eigenvalue weighted by molar-refractivity contribution is 0.0284. The Kier molecular flexibility index (Phi) is 4.87. The first kappa shape index (κ1) is 13.4. The molecule has 1 heterocycles. The van der Waals surface area contributed by atoms with Crippen LogP contribution < -0.4 is 0 Å². The summed E-state index contributed by atoms with van der Waals surface area (Å²) in [5.41, 5.74) is 0.247. The Morgan fingerprint density at radius 1 is 1.12 bits per heavy atom. The summed E-state index contributed by atoms with van der Waals surface area (Å²) in [5.74, 6) is 0.961. The Bertz CT molecular complexity index is 215. The summed E-state index contributed by atoms with van der Waals surface area (Å²) in [6, 6.07) is 0. The minimum Gasteiger partial charge on any atom is -0.396 e. The van der Waals surface area contributed by atoms with Crippen molar-refractivity contribution in [2.45, 2.75) is 58.3 Å². The number of piperidine rings is 1. The van der Waals surface area contributed by atoms with Gasteiger partial charge in [-0.1, -0.05) is 32.6 Å². The molecule has 0 amide bonds. The van der Waals surface area contributed by atoms with E-state index in [1.165, 1.54) is 64.5 Å². The van der Waals surface area contributed by atoms with Gasteiger partial charge in [0.25, 0.3) is 0 Å². The molecule has 17 heavy (non-hydrogen) atoms. The molecule has 0 bridgehead atoms. The summed E-state index contributed by atoms with van der Waals surface area (Å²) in [5, 5.41) is 9.74. The van der Waals surface area contributed by atoms with Crippen molar-refractivity contribution in [3.8, 4) is 0 Å². The third-order valence-electron chi connectivity index (χ3n) is 5.09. The zero-order valence-electron chi connectivity index (χ0n) is 11.5. The van der Waals surface area contributed by atoms with Gasteiger partial charge in [-0.2, -0.15) is 0 Å². The van der Waals surface area contributed by atoms with Gasteiger partial charge in [0.2, 0.25) is 0 Å². The SMILES string of the molecule is CCC1CCN(CC2(CO)CCCCC2)CC1. The minimum absolute atomic E-state index is 0.247. The van der Waals surface area contributed by atoms with E-state index >= 15 is 0 Å². The van der Waals surface area contributed by atoms with Crippen molar-refractivity contribution in [1.29, 1.82) is 0 Å². The van der Waals surface area contributed by atoms with E-state index in [1.54, 1.807) is 0 Å². The Hall–Kier alpha value is -0.0800. The summed E-state index contributed by atoms with van der Waals surface area (Å²) in [6.07, 6.45) is 10.6. The molecule has 100 valence electrons. The van der Waals surface area contributed by atoms with Gasteiger partial charge in [-0.15, -0.1) is 0 Å². The predicted octanol–water partition coefficient (Wildman–Crippen LogP) is 3.05. The summed E-state index contributed by atoms with van der Waals surface area (Å²) >= 11 is 0. The first-order valence-electron chi connectivity index (χ1n) is 7.61. The smallest absolute Gasteiger partial charge is 0.0499 e. The Labute approximate surface area is 106 Å². The fraction of sp³-hybridized carbons (Fsp3) is 1.00. The van der Waals surface area contributed by atoms with Crippen LogP contribution in [0.3, 0.4) is 0 Å². The fourth-order valence-corrected chi connectivity index (χ4v) is 3.70. The summed E-state index contributed by atoms with van der Waals surface area (Å²) in [7, 11) is 0. The Balaban J connectivity index is 1.82. The van der Waals surface area contributed by atoms with Crippen LogP contribution in [0.1, 0.15) is 58.3 Å². The van der Waals surface area contributed by atoms with Crippen LogP contribution in [-0.4, -0.2) is 36.2 Å². The van der Waals surface area contributed by atoms with Gasteiger partial charge >= 0.3 is 0 Å². The molecular weight excluding hydrogens is 210 g/mol. The van der Waals surface area contributed by atoms with Gasteiger partial charge in [0.1, 0.15) is 0 Å². The summed E-state index contributed by atoms with van der Waals surface area (Å²) in [6.45, 7) is 6.40. The van der Waals surface area contributed by atoms with Gasteiger partial charge in [0.15, 0.2) is 0 Å². The third kappa shape index (κ3) is 3.45. The Morgan fingerprint density at radius 3 is 2.29 bits per heavy atom. The highest BCUT2D eigenvalue weighted by Gasteiger charge is 2.34. The maximum absolute atomic E-state index is 9.74. The van der Waals surface area contributed by atoms with E-state index in [0.717, 1.165) is 12.5 Å². The summed E-state index contributed by atoms with van der Waals surface area (Å²) < 4.78 is 0. The van der Waals surface area contributed by atoms with Crippen LogP contribution >= 0.6 is 0 Å². The monoisotopic (exact) mass is 239 g/mol. The maximum Gasteiger partial charge on any atom is 0.0499 e. The molecule has 2 fully saturated rings. The minimum atomic E-state index is 0.247. The highest BCUT2D eigenvalue weighted by Crippen LogP contribution is 2.37. The van der Waals surface area contributed by atoms with Crippen molar-refractivity contribution in [2.24, 2.45) is 11.3 Å². The van der Waals surface area contributed by atoms with Crippen LogP contribution in [0, 0.1) is 11.3 Å². The standard InChI is InChI=1S/C15H29NO/c1-2-14-6-10-16(11-7-14)12-15(13-17)8-4-3-5-9-15/h14,17H,2-13H2,1H3. The first-order chi connectivity index (χ1) is 8.28. The molecule has 0 unspecified atom stereocenters. The van der Waals surface area contributed by atoms with E-state index in [0.29, 0.717) is 6.61 Å². The number of aliphatic hydroxyl groups excluding tert-OH is 1. The molecule has 0 radical (unpaired) electrons. The molecule has 0 aromatic rings. The van der Waals surface area contributed by atoms with Crippen LogP contribution in [-0.2, 0) is 0 Å². The third-order valence-corrected chi connectivity index (χ3v) is 5.09. The van der Waals surface area contributed by atoms with Crippen molar-refractivity contribution >= 4 is 0 Å². The Morgan fingerprint density at radius 2 is 1.76 bits per heavy atom. The molecule has 2 heteroatoms. The van der Waals surface area contributed by atoms with Crippen LogP contribution in [0.5, 0.6) is 0 Å². The molecular formula is C15H29NO. The van der Waals surface area contributed by atoms with E-state index < -0.39 is 0 Å². The van der Waals surface area contributed by atoms with Crippen molar-refractivity contribution in [1.82, 2.24) is 4.90 Å². The van der Waals surface area contributed by atoms with Crippen LogP contribution in [0.15, 0.2) is 0 Å². The largest absolute Gasteiger partial charge is 0.396 e. The molecule has 2 aliphatic rings. The average Bonchev–Trinajstić information content (AvgIpc) is 2.41. The van der Waals surface area contributed by atoms with Crippen LogP contribution in [0.4, 0.5) is 0 Å². The zero-order valence-corrected chi connectivity index (χ0v) is 11.5. The first-order valence-corrected chi connectivity index (χ1v) is 7.61. The summed E-state index contributed by atoms with van der Waals surface area (Å²) in [4.78, 5) is 2.62. The van der Waals surface area contributed by atoms with Crippen LogP contribution in [0.25, 0.3) is 0 Å². The fourth-order valence-electron chi connectivity index (χ4n) is 3.70. The molecule has 2 nitrogen and oxygen atoms in total. The molecule has 0 aromatic carbocycles. The topological polar surface area (TPSA) is 23.5 Å². The van der Waals surface area contributed by atoms with E-state index in [4.69, 9.17) is 0 Å². The molecule has 0 aromatic heterocycles. The second kappa shape index (κ2) is 6.19. The molecule has 0 atom stereocenters. The normalized spacial score (nSPS) is 27.2. The molecule has 2 rings (SSSR count). The van der Waals surface area contributed by atoms with E-state index in [2.05, 4.69) is 11.8 Å². The highest BCUT2D eigenvalue weighted by molar-refractivity contribution is 4.86. The lowest BCUT2D eigenvalue weighted by Crippen LogP contribution is -2.44. The second-order valence-electron chi connectivity index (χ2n) is 6.35. The molecule has 1 aliphatic heterocycles. The van der Waals surface area contributed by atoms with E-state index in [9.17, 15) is 5.11 Å². The van der Waals surface area contributed by atoms with Gasteiger partial charge in [0, 0.05) is 18.6 Å². The van der Waals surface area contributed by atoms with Crippen molar-refractivity contribution < 1.29 is 5.11 Å². The van der Waals surface area contributed by atoms with Crippen LogP contribution in [0.2, 0.25) is 0 Å². The van der Waals surface area contributed by atoms with Crippen molar-refractivity contribution in [3.05, 3.63) is 0 Å². The zero-order chi connectivity index (χ0) is 12.1. The molecule has 0 spiro atoms. The van der Waals surface area contributed by atoms with Gasteiger partial charge in [-0.3, -0.25) is 0 Å². The quantitative estimate of drug-likeness (QED) is 0.815. The average molecular weight is 239 g/mol. The van der Waals surface area contributed by atoms with Gasteiger partial charge in [-0.05, 0) is 44.7 Å². The van der Waals surface area contributed by atoms with Gasteiger partial charge in [-0.25, -0.2) is 0 Å². The van der Waals surface area contributed by atoms with E-state index in [1.807, 2.05) is 0 Å². The highest BCUT2D eigenvalue weighted by atomic mass is 16.3. The lowest BCUT2D eigenvalue weighted by Gasteiger charge is -2.42. The number of rotatable bonds is 4. The maximum atomic E-state index is 9.74. The number of likely N-dealkylation sites (tertiary alicyclic amines) is 1.